The zero-order valence-electron chi connectivity index (χ0n) is 20.2. The zero-order valence-corrected chi connectivity index (χ0v) is 20.2. The molecule has 3 heterocycles. The summed E-state index contributed by atoms with van der Waals surface area (Å²) in [7, 11) is 0. The van der Waals surface area contributed by atoms with E-state index in [-0.39, 0.29) is 5.91 Å². The Kier molecular flexibility index (Phi) is 6.68. The minimum Gasteiger partial charge on any atom is -0.493 e. The molecule has 1 aromatic carbocycles. The average Bonchev–Trinajstić information content (AvgIpc) is 3.22. The molecule has 0 spiro atoms. The second-order valence-electron chi connectivity index (χ2n) is 9.27. The predicted molar refractivity (Wildman–Crippen MR) is 134 cm³/mol. The number of hydrogen-bond donors (Lipinski definition) is 0. The molecule has 0 unspecified atom stereocenters. The van der Waals surface area contributed by atoms with E-state index in [2.05, 4.69) is 16.0 Å². The smallest absolute Gasteiger partial charge is 0.246 e. The maximum atomic E-state index is 13.1. The molecular formula is C28H33N3O3. The van der Waals surface area contributed by atoms with Gasteiger partial charge in [-0.3, -0.25) is 14.7 Å². The summed E-state index contributed by atoms with van der Waals surface area (Å²) in [6.07, 6.45) is 9.87. The van der Waals surface area contributed by atoms with E-state index >= 15 is 0 Å². The van der Waals surface area contributed by atoms with Crippen molar-refractivity contribution in [2.75, 3.05) is 32.8 Å². The average molecular weight is 460 g/mol. The highest BCUT2D eigenvalue weighted by Gasteiger charge is 2.23. The van der Waals surface area contributed by atoms with Crippen LogP contribution in [0.1, 0.15) is 49.1 Å². The monoisotopic (exact) mass is 459 g/mol. The van der Waals surface area contributed by atoms with Gasteiger partial charge in [0.05, 0.1) is 6.61 Å². The largest absolute Gasteiger partial charge is 0.493 e. The van der Waals surface area contributed by atoms with Gasteiger partial charge in [0.2, 0.25) is 5.91 Å². The first-order valence-corrected chi connectivity index (χ1v) is 12.4. The molecular weight excluding hydrogens is 426 g/mol. The Labute approximate surface area is 201 Å². The van der Waals surface area contributed by atoms with E-state index in [1.54, 1.807) is 6.08 Å². The molecule has 0 N–H and O–H groups in total. The number of ether oxygens (including phenoxy) is 1. The zero-order chi connectivity index (χ0) is 23.5. The lowest BCUT2D eigenvalue weighted by Crippen LogP contribution is -2.47. The molecule has 2 aromatic heterocycles. The van der Waals surface area contributed by atoms with Crippen LogP contribution in [0, 0.1) is 0 Å². The molecule has 0 saturated carbocycles. The fourth-order valence-corrected chi connectivity index (χ4v) is 5.10. The number of rotatable bonds is 6. The fourth-order valence-electron chi connectivity index (χ4n) is 5.10. The highest BCUT2D eigenvalue weighted by atomic mass is 16.5. The van der Waals surface area contributed by atoms with Crippen molar-refractivity contribution >= 4 is 22.4 Å². The third-order valence-corrected chi connectivity index (χ3v) is 6.96. The second kappa shape index (κ2) is 10.0. The molecule has 1 aliphatic heterocycles. The number of amides is 1. The molecule has 1 fully saturated rings. The van der Waals surface area contributed by atoms with Gasteiger partial charge >= 0.3 is 0 Å². The van der Waals surface area contributed by atoms with Crippen molar-refractivity contribution < 1.29 is 13.9 Å². The molecule has 6 heteroatoms. The van der Waals surface area contributed by atoms with Crippen molar-refractivity contribution in [1.82, 2.24) is 14.8 Å². The first kappa shape index (κ1) is 22.7. The van der Waals surface area contributed by atoms with E-state index in [0.29, 0.717) is 6.61 Å². The molecule has 0 atom stereocenters. The molecule has 1 aliphatic carbocycles. The molecule has 178 valence electrons. The number of allylic oxidation sites excluding steroid dienone is 1. The third kappa shape index (κ3) is 4.73. The minimum atomic E-state index is 0.0674. The van der Waals surface area contributed by atoms with Crippen LogP contribution in [0.5, 0.6) is 5.75 Å². The number of fused-ring (bicyclic) bond motifs is 3. The summed E-state index contributed by atoms with van der Waals surface area (Å²) in [6.45, 7) is 8.67. The van der Waals surface area contributed by atoms with Crippen molar-refractivity contribution in [1.29, 1.82) is 0 Å². The van der Waals surface area contributed by atoms with E-state index < -0.39 is 0 Å². The van der Waals surface area contributed by atoms with E-state index in [0.717, 1.165) is 79.2 Å². The van der Waals surface area contributed by atoms with E-state index in [1.807, 2.05) is 49.3 Å². The minimum absolute atomic E-state index is 0.0674. The molecule has 3 aromatic rings. The van der Waals surface area contributed by atoms with Crippen molar-refractivity contribution in [2.45, 2.75) is 46.1 Å². The van der Waals surface area contributed by atoms with Crippen LogP contribution in [-0.2, 0) is 24.2 Å². The summed E-state index contributed by atoms with van der Waals surface area (Å²) in [4.78, 5) is 21.5. The lowest BCUT2D eigenvalue weighted by atomic mass is 9.94. The molecule has 1 saturated heterocycles. The number of nitrogens with zero attached hydrogens (tertiary/aromatic N) is 3. The third-order valence-electron chi connectivity index (χ3n) is 6.96. The van der Waals surface area contributed by atoms with Crippen LogP contribution < -0.4 is 4.74 Å². The Morgan fingerprint density at radius 1 is 1.12 bits per heavy atom. The number of aryl methyl sites for hydroxylation is 2. The number of benzene rings is 1. The number of carbonyl (C=O) groups is 1. The van der Waals surface area contributed by atoms with Gasteiger partial charge in [0.15, 0.2) is 0 Å². The molecule has 34 heavy (non-hydrogen) atoms. The van der Waals surface area contributed by atoms with Crippen LogP contribution in [0.4, 0.5) is 0 Å². The summed E-state index contributed by atoms with van der Waals surface area (Å²) >= 11 is 0. The summed E-state index contributed by atoms with van der Waals surface area (Å²) in [5.41, 5.74) is 5.39. The van der Waals surface area contributed by atoms with Crippen molar-refractivity contribution in [2.24, 2.45) is 0 Å². The summed E-state index contributed by atoms with van der Waals surface area (Å²) in [5.74, 6) is 1.96. The summed E-state index contributed by atoms with van der Waals surface area (Å²) in [5, 5.41) is 1.16. The molecule has 5 rings (SSSR count). The van der Waals surface area contributed by atoms with E-state index in [4.69, 9.17) is 9.15 Å². The van der Waals surface area contributed by atoms with E-state index in [9.17, 15) is 4.79 Å². The van der Waals surface area contributed by atoms with Crippen LogP contribution >= 0.6 is 0 Å². The SMILES string of the molecule is CCOc1cc2oc3c(c2cc1/C(C)=C/C(=O)N1CCN(Cc2ccncc2)CC1)CCCC3. The van der Waals surface area contributed by atoms with Crippen LogP contribution in [0.15, 0.2) is 47.2 Å². The van der Waals surface area contributed by atoms with E-state index in [1.165, 1.54) is 24.0 Å². The molecule has 1 amide bonds. The predicted octanol–water partition coefficient (Wildman–Crippen LogP) is 4.85. The van der Waals surface area contributed by atoms with Gasteiger partial charge in [-0.05, 0) is 62.4 Å². The number of furan rings is 1. The topological polar surface area (TPSA) is 58.8 Å². The lowest BCUT2D eigenvalue weighted by Gasteiger charge is -2.34. The van der Waals surface area contributed by atoms with Gasteiger partial charge in [0, 0.05) is 80.2 Å². The quantitative estimate of drug-likeness (QED) is 0.493. The van der Waals surface area contributed by atoms with Gasteiger partial charge in [-0.25, -0.2) is 0 Å². The van der Waals surface area contributed by atoms with Gasteiger partial charge in [-0.1, -0.05) is 0 Å². The highest BCUT2D eigenvalue weighted by molar-refractivity contribution is 5.97. The summed E-state index contributed by atoms with van der Waals surface area (Å²) in [6, 6.07) is 8.27. The number of piperazine rings is 1. The normalized spacial score (nSPS) is 17.1. The first-order chi connectivity index (χ1) is 16.6. The number of pyridine rings is 1. The van der Waals surface area contributed by atoms with Crippen molar-refractivity contribution in [3.63, 3.8) is 0 Å². The van der Waals surface area contributed by atoms with Crippen LogP contribution in [0.3, 0.4) is 0 Å². The molecule has 2 aliphatic rings. The lowest BCUT2D eigenvalue weighted by molar-refractivity contribution is -0.127. The fraction of sp³-hybridized carbons (Fsp3) is 0.429. The number of carbonyl (C=O) groups excluding carboxylic acids is 1. The van der Waals surface area contributed by atoms with Crippen LogP contribution in [0.25, 0.3) is 16.5 Å². The maximum Gasteiger partial charge on any atom is 0.246 e. The molecule has 0 bridgehead atoms. The molecule has 0 radical (unpaired) electrons. The first-order valence-electron chi connectivity index (χ1n) is 12.4. The highest BCUT2D eigenvalue weighted by Crippen LogP contribution is 2.38. The number of hydrogen-bond acceptors (Lipinski definition) is 5. The number of aromatic nitrogens is 1. The van der Waals surface area contributed by atoms with Gasteiger partial charge in [0.1, 0.15) is 17.1 Å². The maximum absolute atomic E-state index is 13.1. The van der Waals surface area contributed by atoms with Crippen molar-refractivity contribution in [3.8, 4) is 5.75 Å². The van der Waals surface area contributed by atoms with Gasteiger partial charge < -0.3 is 14.1 Å². The standard InChI is InChI=1S/C28H33N3O3/c1-3-33-26-18-27-24(22-6-4-5-7-25(22)34-27)17-23(26)20(2)16-28(32)31-14-12-30(13-15-31)19-21-8-10-29-11-9-21/h8-11,16-18H,3-7,12-15,19H2,1-2H3/b20-16+. The Morgan fingerprint density at radius 3 is 2.65 bits per heavy atom. The second-order valence-corrected chi connectivity index (χ2v) is 9.27. The van der Waals surface area contributed by atoms with Crippen molar-refractivity contribution in [3.05, 3.63) is 65.2 Å². The van der Waals surface area contributed by atoms with Gasteiger partial charge in [-0.15, -0.1) is 0 Å². The van der Waals surface area contributed by atoms with Crippen LogP contribution in [0.2, 0.25) is 0 Å². The Bertz CT molecular complexity index is 1190. The Balaban J connectivity index is 1.32. The van der Waals surface area contributed by atoms with Gasteiger partial charge in [-0.2, -0.15) is 0 Å². The summed E-state index contributed by atoms with van der Waals surface area (Å²) < 4.78 is 12.1. The Morgan fingerprint density at radius 2 is 1.88 bits per heavy atom. The molecule has 6 nitrogen and oxygen atoms in total. The van der Waals surface area contributed by atoms with Gasteiger partial charge in [0.25, 0.3) is 0 Å². The Hall–Kier alpha value is -3.12. The van der Waals surface area contributed by atoms with Crippen LogP contribution in [-0.4, -0.2) is 53.5 Å².